The van der Waals surface area contributed by atoms with Crippen molar-refractivity contribution in [1.29, 1.82) is 0 Å². The molecule has 0 unspecified atom stereocenters. The second-order valence-electron chi connectivity index (χ2n) is 4.99. The number of carbonyl (C=O) groups is 1. The first-order chi connectivity index (χ1) is 11.8. The van der Waals surface area contributed by atoms with Gasteiger partial charge in [0, 0.05) is 12.7 Å². The molecular formula is C14H14Cl2F3N5O. The first-order valence-electron chi connectivity index (χ1n) is 7.15. The van der Waals surface area contributed by atoms with E-state index in [1.54, 1.807) is 7.05 Å². The summed E-state index contributed by atoms with van der Waals surface area (Å²) in [6.45, 7) is 0.845. The van der Waals surface area contributed by atoms with Crippen LogP contribution in [0.3, 0.4) is 0 Å². The average Bonchev–Trinajstić information content (AvgIpc) is 2.96. The van der Waals surface area contributed by atoms with E-state index in [1.165, 1.54) is 6.07 Å². The molecule has 0 bridgehead atoms. The van der Waals surface area contributed by atoms with Gasteiger partial charge >= 0.3 is 6.18 Å². The van der Waals surface area contributed by atoms with Gasteiger partial charge in [-0.15, -0.1) is 0 Å². The number of aromatic nitrogens is 3. The molecule has 2 aromatic heterocycles. The van der Waals surface area contributed by atoms with E-state index >= 15 is 0 Å². The number of pyridine rings is 1. The SMILES string of the molecule is CNCCCNC(=O)c1cnn(-c2ncc(Cl)cc2Cl)c1C(F)(F)F. The van der Waals surface area contributed by atoms with E-state index in [0.717, 1.165) is 12.4 Å². The molecule has 25 heavy (non-hydrogen) atoms. The molecule has 2 N–H and O–H groups in total. The number of alkyl halides is 3. The van der Waals surface area contributed by atoms with Crippen molar-refractivity contribution in [3.05, 3.63) is 39.8 Å². The fourth-order valence-electron chi connectivity index (χ4n) is 2.07. The summed E-state index contributed by atoms with van der Waals surface area (Å²) < 4.78 is 41.0. The highest BCUT2D eigenvalue weighted by Crippen LogP contribution is 2.34. The highest BCUT2D eigenvalue weighted by atomic mass is 35.5. The lowest BCUT2D eigenvalue weighted by atomic mass is 10.2. The second kappa shape index (κ2) is 8.03. The van der Waals surface area contributed by atoms with Gasteiger partial charge in [0.05, 0.1) is 21.8 Å². The molecule has 0 saturated carbocycles. The van der Waals surface area contributed by atoms with Crippen molar-refractivity contribution in [2.75, 3.05) is 20.1 Å². The first-order valence-corrected chi connectivity index (χ1v) is 7.90. The number of hydrogen-bond donors (Lipinski definition) is 2. The van der Waals surface area contributed by atoms with Crippen molar-refractivity contribution in [2.24, 2.45) is 0 Å². The van der Waals surface area contributed by atoms with E-state index in [9.17, 15) is 18.0 Å². The van der Waals surface area contributed by atoms with Crippen molar-refractivity contribution in [2.45, 2.75) is 12.6 Å². The lowest BCUT2D eigenvalue weighted by Crippen LogP contribution is -2.29. The summed E-state index contributed by atoms with van der Waals surface area (Å²) in [4.78, 5) is 15.9. The van der Waals surface area contributed by atoms with Gasteiger partial charge in [0.15, 0.2) is 11.5 Å². The van der Waals surface area contributed by atoms with Gasteiger partial charge in [0.2, 0.25) is 0 Å². The minimum absolute atomic E-state index is 0.123. The Morgan fingerprint density at radius 2 is 2.00 bits per heavy atom. The van der Waals surface area contributed by atoms with E-state index in [1.807, 2.05) is 0 Å². The van der Waals surface area contributed by atoms with Crippen molar-refractivity contribution >= 4 is 29.1 Å². The maximum Gasteiger partial charge on any atom is 0.434 e. The van der Waals surface area contributed by atoms with Gasteiger partial charge in [0.25, 0.3) is 5.91 Å². The topological polar surface area (TPSA) is 71.8 Å². The monoisotopic (exact) mass is 395 g/mol. The average molecular weight is 396 g/mol. The van der Waals surface area contributed by atoms with Gasteiger partial charge in [-0.1, -0.05) is 23.2 Å². The second-order valence-corrected chi connectivity index (χ2v) is 5.83. The Kier molecular flexibility index (Phi) is 6.26. The van der Waals surface area contributed by atoms with Crippen LogP contribution in [0.15, 0.2) is 18.5 Å². The first kappa shape index (κ1) is 19.5. The van der Waals surface area contributed by atoms with Crippen LogP contribution >= 0.6 is 23.2 Å². The molecule has 0 aliphatic heterocycles. The van der Waals surface area contributed by atoms with Gasteiger partial charge in [-0.2, -0.15) is 18.3 Å². The smallest absolute Gasteiger partial charge is 0.352 e. The minimum Gasteiger partial charge on any atom is -0.352 e. The van der Waals surface area contributed by atoms with Crippen LogP contribution in [0.5, 0.6) is 0 Å². The number of nitrogens with one attached hydrogen (secondary N) is 2. The molecule has 6 nitrogen and oxygen atoms in total. The third-order valence-electron chi connectivity index (χ3n) is 3.16. The molecule has 0 fully saturated rings. The molecule has 11 heteroatoms. The maximum absolute atomic E-state index is 13.5. The Morgan fingerprint density at radius 1 is 1.28 bits per heavy atom. The number of nitrogens with zero attached hydrogens (tertiary/aromatic N) is 3. The van der Waals surface area contributed by atoms with Crippen molar-refractivity contribution in [3.63, 3.8) is 0 Å². The van der Waals surface area contributed by atoms with Gasteiger partial charge in [-0.25, -0.2) is 9.67 Å². The fourth-order valence-corrected chi connectivity index (χ4v) is 2.53. The van der Waals surface area contributed by atoms with Crippen molar-refractivity contribution < 1.29 is 18.0 Å². The summed E-state index contributed by atoms with van der Waals surface area (Å²) in [6, 6.07) is 1.24. The molecule has 136 valence electrons. The van der Waals surface area contributed by atoms with Gasteiger partial charge in [0.1, 0.15) is 0 Å². The number of halogens is 5. The van der Waals surface area contributed by atoms with Crippen LogP contribution < -0.4 is 10.6 Å². The molecule has 2 rings (SSSR count). The zero-order valence-electron chi connectivity index (χ0n) is 13.0. The lowest BCUT2D eigenvalue weighted by Gasteiger charge is -2.13. The zero-order valence-corrected chi connectivity index (χ0v) is 14.5. The van der Waals surface area contributed by atoms with Crippen molar-refractivity contribution in [3.8, 4) is 5.82 Å². The molecule has 2 heterocycles. The van der Waals surface area contributed by atoms with Crippen LogP contribution in [0.2, 0.25) is 10.0 Å². The molecule has 0 aliphatic rings. The van der Waals surface area contributed by atoms with E-state index in [2.05, 4.69) is 20.7 Å². The number of carbonyl (C=O) groups excluding carboxylic acids is 1. The standard InChI is InChI=1S/C14H14Cl2F3N5O/c1-20-3-2-4-21-13(25)9-7-23-24(11(9)14(17,18)19)12-10(16)5-8(15)6-22-12/h5-7,20H,2-4H2,1H3,(H,21,25). The van der Waals surface area contributed by atoms with E-state index in [0.29, 0.717) is 17.6 Å². The molecule has 1 amide bonds. The molecule has 0 aromatic carbocycles. The summed E-state index contributed by atoms with van der Waals surface area (Å²) in [6.07, 6.45) is -2.29. The third kappa shape index (κ3) is 4.62. The Morgan fingerprint density at radius 3 is 2.60 bits per heavy atom. The normalized spacial score (nSPS) is 11.6. The van der Waals surface area contributed by atoms with Gasteiger partial charge < -0.3 is 10.6 Å². The summed E-state index contributed by atoms with van der Waals surface area (Å²) in [5, 5.41) is 8.98. The Labute approximate surface area is 151 Å². The molecule has 0 aliphatic carbocycles. The van der Waals surface area contributed by atoms with Gasteiger partial charge in [-0.3, -0.25) is 4.79 Å². The minimum atomic E-state index is -4.83. The van der Waals surface area contributed by atoms with Crippen LogP contribution in [0, 0.1) is 0 Å². The maximum atomic E-state index is 13.5. The Bertz CT molecular complexity index is 763. The van der Waals surface area contributed by atoms with Gasteiger partial charge in [-0.05, 0) is 26.1 Å². The highest BCUT2D eigenvalue weighted by molar-refractivity contribution is 6.35. The van der Waals surface area contributed by atoms with Crippen LogP contribution in [-0.2, 0) is 6.18 Å². The zero-order chi connectivity index (χ0) is 18.6. The quantitative estimate of drug-likeness (QED) is 0.737. The molecular weight excluding hydrogens is 382 g/mol. The molecule has 0 atom stereocenters. The summed E-state index contributed by atoms with van der Waals surface area (Å²) >= 11 is 11.6. The van der Waals surface area contributed by atoms with Crippen molar-refractivity contribution in [1.82, 2.24) is 25.4 Å². The van der Waals surface area contributed by atoms with E-state index < -0.39 is 23.3 Å². The number of hydrogen-bond acceptors (Lipinski definition) is 4. The number of amides is 1. The lowest BCUT2D eigenvalue weighted by molar-refractivity contribution is -0.143. The molecule has 2 aromatic rings. The van der Waals surface area contributed by atoms with E-state index in [-0.39, 0.29) is 22.4 Å². The Balaban J connectivity index is 2.40. The Hall–Kier alpha value is -1.84. The molecule has 0 saturated heterocycles. The molecule has 0 radical (unpaired) electrons. The molecule has 0 spiro atoms. The summed E-state index contributed by atoms with van der Waals surface area (Å²) in [5.41, 5.74) is -1.86. The highest BCUT2D eigenvalue weighted by Gasteiger charge is 2.41. The van der Waals surface area contributed by atoms with Crippen LogP contribution in [0.1, 0.15) is 22.5 Å². The third-order valence-corrected chi connectivity index (χ3v) is 3.65. The number of rotatable bonds is 6. The summed E-state index contributed by atoms with van der Waals surface area (Å²) in [7, 11) is 1.73. The predicted octanol–water partition coefficient (Wildman–Crippen LogP) is 2.93. The fraction of sp³-hybridized carbons (Fsp3) is 0.357. The van der Waals surface area contributed by atoms with Crippen LogP contribution in [0.4, 0.5) is 13.2 Å². The van der Waals surface area contributed by atoms with Crippen LogP contribution in [0.25, 0.3) is 5.82 Å². The van der Waals surface area contributed by atoms with Crippen LogP contribution in [-0.4, -0.2) is 40.8 Å². The summed E-state index contributed by atoms with van der Waals surface area (Å²) in [5.74, 6) is -1.15. The largest absolute Gasteiger partial charge is 0.434 e. The predicted molar refractivity (Wildman–Crippen MR) is 87.3 cm³/mol. The van der Waals surface area contributed by atoms with E-state index in [4.69, 9.17) is 23.2 Å².